The van der Waals surface area contributed by atoms with Crippen LogP contribution in [0.15, 0.2) is 0 Å². The van der Waals surface area contributed by atoms with Crippen LogP contribution in [0, 0.1) is 0 Å². The Bertz CT molecular complexity index is 276. The van der Waals surface area contributed by atoms with Crippen molar-refractivity contribution in [3.63, 3.8) is 0 Å². The van der Waals surface area contributed by atoms with E-state index in [0.29, 0.717) is 19.0 Å². The van der Waals surface area contributed by atoms with Gasteiger partial charge in [0.2, 0.25) is 5.91 Å². The van der Waals surface area contributed by atoms with E-state index in [4.69, 9.17) is 9.84 Å². The molecule has 2 N–H and O–H groups in total. The zero-order valence-corrected chi connectivity index (χ0v) is 11.6. The first-order chi connectivity index (χ1) is 9.31. The molecule has 0 radical (unpaired) electrons. The predicted octanol–water partition coefficient (Wildman–Crippen LogP) is 0.519. The largest absolute Gasteiger partial charge is 0.396 e. The molecule has 2 aliphatic rings. The Morgan fingerprint density at radius 2 is 2.00 bits per heavy atom. The first-order valence-corrected chi connectivity index (χ1v) is 7.54. The summed E-state index contributed by atoms with van der Waals surface area (Å²) >= 11 is 0. The normalized spacial score (nSPS) is 21.1. The fourth-order valence-electron chi connectivity index (χ4n) is 2.68. The Labute approximate surface area is 115 Å². The van der Waals surface area contributed by atoms with E-state index in [1.807, 2.05) is 4.90 Å². The Kier molecular flexibility index (Phi) is 6.07. The first kappa shape index (κ1) is 14.8. The van der Waals surface area contributed by atoms with Crippen molar-refractivity contribution in [1.82, 2.24) is 10.2 Å². The molecule has 0 aromatic heterocycles. The number of carbonyl (C=O) groups excluding carboxylic acids is 1. The van der Waals surface area contributed by atoms with Gasteiger partial charge >= 0.3 is 0 Å². The molecule has 1 saturated carbocycles. The molecule has 1 aliphatic carbocycles. The minimum Gasteiger partial charge on any atom is -0.396 e. The molecule has 5 heteroatoms. The topological polar surface area (TPSA) is 61.8 Å². The molecule has 1 amide bonds. The van der Waals surface area contributed by atoms with E-state index in [2.05, 4.69) is 5.32 Å². The van der Waals surface area contributed by atoms with Gasteiger partial charge in [-0.25, -0.2) is 0 Å². The molecule has 0 atom stereocenters. The molecule has 2 rings (SSSR count). The number of hydrogen-bond acceptors (Lipinski definition) is 4. The number of piperidine rings is 1. The minimum absolute atomic E-state index is 0.0942. The van der Waals surface area contributed by atoms with Crippen LogP contribution in [0.2, 0.25) is 0 Å². The number of amides is 1. The zero-order chi connectivity index (χ0) is 13.5. The van der Waals surface area contributed by atoms with Crippen LogP contribution in [-0.2, 0) is 9.53 Å². The molecule has 2 fully saturated rings. The molecule has 0 aromatic rings. The summed E-state index contributed by atoms with van der Waals surface area (Å²) in [6, 6.07) is 0.385. The maximum atomic E-state index is 12.2. The van der Waals surface area contributed by atoms with Crippen LogP contribution < -0.4 is 5.32 Å². The van der Waals surface area contributed by atoms with E-state index >= 15 is 0 Å². The van der Waals surface area contributed by atoms with Gasteiger partial charge in [-0.3, -0.25) is 4.79 Å². The molecule has 0 bridgehead atoms. The van der Waals surface area contributed by atoms with Crippen molar-refractivity contribution < 1.29 is 14.6 Å². The van der Waals surface area contributed by atoms with Crippen molar-refractivity contribution in [2.45, 2.75) is 50.7 Å². The van der Waals surface area contributed by atoms with Crippen molar-refractivity contribution in [1.29, 1.82) is 0 Å². The van der Waals surface area contributed by atoms with Crippen LogP contribution in [0.3, 0.4) is 0 Å². The number of aliphatic hydroxyl groups is 1. The summed E-state index contributed by atoms with van der Waals surface area (Å²) < 4.78 is 5.73. The Morgan fingerprint density at radius 3 is 2.58 bits per heavy atom. The lowest BCUT2D eigenvalue weighted by Gasteiger charge is -2.38. The van der Waals surface area contributed by atoms with Crippen molar-refractivity contribution in [3.05, 3.63) is 0 Å². The summed E-state index contributed by atoms with van der Waals surface area (Å²) in [5, 5.41) is 12.2. The number of aliphatic hydroxyl groups excluding tert-OH is 1. The highest BCUT2D eigenvalue weighted by atomic mass is 16.5. The van der Waals surface area contributed by atoms with E-state index in [0.717, 1.165) is 38.8 Å². The predicted molar refractivity (Wildman–Crippen MR) is 72.9 cm³/mol. The van der Waals surface area contributed by atoms with E-state index in [1.54, 1.807) is 0 Å². The summed E-state index contributed by atoms with van der Waals surface area (Å²) in [5.41, 5.74) is 0. The van der Waals surface area contributed by atoms with Crippen LogP contribution in [0.4, 0.5) is 0 Å². The molecule has 1 aliphatic heterocycles. The third kappa shape index (κ3) is 4.44. The van der Waals surface area contributed by atoms with Crippen LogP contribution in [0.25, 0.3) is 0 Å². The Hall–Kier alpha value is -0.650. The lowest BCUT2D eigenvalue weighted by atomic mass is 9.91. The lowest BCUT2D eigenvalue weighted by molar-refractivity contribution is -0.143. The van der Waals surface area contributed by atoms with Crippen LogP contribution in [-0.4, -0.2) is 60.9 Å². The van der Waals surface area contributed by atoms with Crippen molar-refractivity contribution in [2.24, 2.45) is 0 Å². The summed E-state index contributed by atoms with van der Waals surface area (Å²) in [6.07, 6.45) is 6.29. The van der Waals surface area contributed by atoms with E-state index in [-0.39, 0.29) is 25.2 Å². The van der Waals surface area contributed by atoms with Gasteiger partial charge in [0.05, 0.1) is 6.10 Å². The summed E-state index contributed by atoms with van der Waals surface area (Å²) in [7, 11) is 0. The molecule has 110 valence electrons. The average Bonchev–Trinajstić information content (AvgIpc) is 2.39. The molecule has 19 heavy (non-hydrogen) atoms. The van der Waals surface area contributed by atoms with Gasteiger partial charge in [0.25, 0.3) is 0 Å². The van der Waals surface area contributed by atoms with Gasteiger partial charge in [0.15, 0.2) is 0 Å². The van der Waals surface area contributed by atoms with Gasteiger partial charge in [-0.1, -0.05) is 0 Å². The Balaban J connectivity index is 1.73. The van der Waals surface area contributed by atoms with Crippen molar-refractivity contribution in [3.8, 4) is 0 Å². The number of nitrogens with zero attached hydrogens (tertiary/aromatic N) is 1. The van der Waals surface area contributed by atoms with Gasteiger partial charge in [0, 0.05) is 19.2 Å². The number of carbonyl (C=O) groups is 1. The fourth-order valence-corrected chi connectivity index (χ4v) is 2.68. The van der Waals surface area contributed by atoms with Crippen molar-refractivity contribution in [2.75, 3.05) is 32.8 Å². The van der Waals surface area contributed by atoms with Crippen molar-refractivity contribution >= 4 is 5.91 Å². The van der Waals surface area contributed by atoms with Gasteiger partial charge in [-0.2, -0.15) is 0 Å². The molecular weight excluding hydrogens is 244 g/mol. The van der Waals surface area contributed by atoms with E-state index < -0.39 is 0 Å². The van der Waals surface area contributed by atoms with E-state index in [9.17, 15) is 4.79 Å². The highest BCUT2D eigenvalue weighted by Crippen LogP contribution is 2.25. The molecule has 5 nitrogen and oxygen atoms in total. The van der Waals surface area contributed by atoms with Gasteiger partial charge in [-0.05, 0) is 51.6 Å². The minimum atomic E-state index is 0.0942. The lowest BCUT2D eigenvalue weighted by Crippen LogP contribution is -2.47. The quantitative estimate of drug-likeness (QED) is 0.708. The number of nitrogens with one attached hydrogen (secondary N) is 1. The smallest absolute Gasteiger partial charge is 0.248 e. The zero-order valence-electron chi connectivity index (χ0n) is 11.6. The third-order valence-electron chi connectivity index (χ3n) is 4.12. The number of hydrogen-bond donors (Lipinski definition) is 2. The number of rotatable bonds is 7. The highest BCUT2D eigenvalue weighted by molar-refractivity contribution is 5.77. The number of ether oxygens (including phenoxy) is 1. The molecule has 1 saturated heterocycles. The monoisotopic (exact) mass is 270 g/mol. The first-order valence-electron chi connectivity index (χ1n) is 7.54. The second kappa shape index (κ2) is 7.82. The second-order valence-electron chi connectivity index (χ2n) is 5.51. The van der Waals surface area contributed by atoms with Crippen LogP contribution in [0.5, 0.6) is 0 Å². The molecular formula is C14H26N2O3. The van der Waals surface area contributed by atoms with Crippen LogP contribution in [0.1, 0.15) is 38.5 Å². The average molecular weight is 270 g/mol. The fraction of sp³-hybridized carbons (Fsp3) is 0.929. The highest BCUT2D eigenvalue weighted by Gasteiger charge is 2.28. The van der Waals surface area contributed by atoms with E-state index in [1.165, 1.54) is 6.42 Å². The molecule has 0 aromatic carbocycles. The molecule has 0 spiro atoms. The van der Waals surface area contributed by atoms with Crippen LogP contribution >= 0.6 is 0 Å². The Morgan fingerprint density at radius 1 is 1.26 bits per heavy atom. The maximum absolute atomic E-state index is 12.2. The summed E-state index contributed by atoms with van der Waals surface area (Å²) in [5.74, 6) is 0.0942. The standard InChI is InChI=1S/C14H26N2O3/c17-10-2-9-16(12-3-1-4-12)14(18)11-19-13-5-7-15-8-6-13/h12-13,15,17H,1-11H2. The van der Waals surface area contributed by atoms with Gasteiger partial charge in [-0.15, -0.1) is 0 Å². The van der Waals surface area contributed by atoms with Gasteiger partial charge < -0.3 is 20.1 Å². The summed E-state index contributed by atoms with van der Waals surface area (Å²) in [6.45, 7) is 2.97. The maximum Gasteiger partial charge on any atom is 0.248 e. The van der Waals surface area contributed by atoms with Gasteiger partial charge in [0.1, 0.15) is 6.61 Å². The molecule has 1 heterocycles. The third-order valence-corrected chi connectivity index (χ3v) is 4.12. The SMILES string of the molecule is O=C(COC1CCNCC1)N(CCCO)C1CCC1. The molecule has 0 unspecified atom stereocenters. The second-order valence-corrected chi connectivity index (χ2v) is 5.51. The summed E-state index contributed by atoms with van der Waals surface area (Å²) in [4.78, 5) is 14.1.